The van der Waals surface area contributed by atoms with Gasteiger partial charge in [-0.15, -0.1) is 0 Å². The second-order valence-corrected chi connectivity index (χ2v) is 3.62. The number of nitrogens with one attached hydrogen (secondary N) is 1. The Morgan fingerprint density at radius 3 is 3.27 bits per heavy atom. The molecule has 1 N–H and O–H groups in total. The smallest absolute Gasteiger partial charge is 0.0623 e. The molecule has 0 aromatic rings. The number of hydrogen-bond donors (Lipinski definition) is 1. The standard InChI is InChI=1S/C8H16N2O/c1-10-3-2-9-8-6-11-5-7(8)4-10/h7-9H,2-6H2,1H3/t7-,8+/m1/s1. The third-order valence-corrected chi connectivity index (χ3v) is 2.64. The van der Waals surface area contributed by atoms with Crippen molar-refractivity contribution in [2.24, 2.45) is 5.92 Å². The lowest BCUT2D eigenvalue weighted by Crippen LogP contribution is -2.35. The average Bonchev–Trinajstić information content (AvgIpc) is 2.31. The third-order valence-electron chi connectivity index (χ3n) is 2.64. The molecule has 2 aliphatic heterocycles. The highest BCUT2D eigenvalue weighted by atomic mass is 16.5. The van der Waals surface area contributed by atoms with Crippen LogP contribution in [0.15, 0.2) is 0 Å². The van der Waals surface area contributed by atoms with Gasteiger partial charge in [0, 0.05) is 31.6 Å². The Morgan fingerprint density at radius 1 is 1.45 bits per heavy atom. The van der Waals surface area contributed by atoms with Gasteiger partial charge in [-0.2, -0.15) is 0 Å². The van der Waals surface area contributed by atoms with Gasteiger partial charge in [0.05, 0.1) is 13.2 Å². The fourth-order valence-corrected chi connectivity index (χ4v) is 1.94. The van der Waals surface area contributed by atoms with Crippen molar-refractivity contribution in [2.45, 2.75) is 6.04 Å². The first-order valence-corrected chi connectivity index (χ1v) is 4.36. The average molecular weight is 156 g/mol. The predicted octanol–water partition coefficient (Wildman–Crippen LogP) is -0.464. The van der Waals surface area contributed by atoms with Gasteiger partial charge in [0.15, 0.2) is 0 Å². The lowest BCUT2D eigenvalue weighted by molar-refractivity contribution is 0.171. The van der Waals surface area contributed by atoms with E-state index in [2.05, 4.69) is 17.3 Å². The largest absolute Gasteiger partial charge is 0.379 e. The molecule has 0 aromatic heterocycles. The molecule has 0 aliphatic carbocycles. The number of likely N-dealkylation sites (N-methyl/N-ethyl adjacent to an activating group) is 1. The van der Waals surface area contributed by atoms with E-state index >= 15 is 0 Å². The summed E-state index contributed by atoms with van der Waals surface area (Å²) in [6, 6.07) is 0.625. The molecule has 0 bridgehead atoms. The van der Waals surface area contributed by atoms with Crippen molar-refractivity contribution in [2.75, 3.05) is 39.9 Å². The van der Waals surface area contributed by atoms with Gasteiger partial charge >= 0.3 is 0 Å². The van der Waals surface area contributed by atoms with Crippen LogP contribution < -0.4 is 5.32 Å². The van der Waals surface area contributed by atoms with Gasteiger partial charge < -0.3 is 15.0 Å². The van der Waals surface area contributed by atoms with E-state index in [4.69, 9.17) is 4.74 Å². The molecule has 0 amide bonds. The highest BCUT2D eigenvalue weighted by molar-refractivity contribution is 4.85. The van der Waals surface area contributed by atoms with E-state index in [9.17, 15) is 0 Å². The summed E-state index contributed by atoms with van der Waals surface area (Å²) >= 11 is 0. The van der Waals surface area contributed by atoms with Crippen molar-refractivity contribution < 1.29 is 4.74 Å². The van der Waals surface area contributed by atoms with Crippen LogP contribution >= 0.6 is 0 Å². The first-order valence-electron chi connectivity index (χ1n) is 4.36. The molecule has 3 nitrogen and oxygen atoms in total. The molecule has 2 saturated heterocycles. The van der Waals surface area contributed by atoms with E-state index in [0.29, 0.717) is 6.04 Å². The Morgan fingerprint density at radius 2 is 2.36 bits per heavy atom. The summed E-state index contributed by atoms with van der Waals surface area (Å²) in [5.74, 6) is 0.725. The summed E-state index contributed by atoms with van der Waals surface area (Å²) in [4.78, 5) is 2.38. The van der Waals surface area contributed by atoms with Crippen molar-refractivity contribution in [3.63, 3.8) is 0 Å². The Kier molecular flexibility index (Phi) is 2.11. The van der Waals surface area contributed by atoms with Gasteiger partial charge in [0.1, 0.15) is 0 Å². The monoisotopic (exact) mass is 156 g/mol. The van der Waals surface area contributed by atoms with Gasteiger partial charge in [0.2, 0.25) is 0 Å². The topological polar surface area (TPSA) is 24.5 Å². The Hall–Kier alpha value is -0.120. The van der Waals surface area contributed by atoms with Crippen molar-refractivity contribution in [3.05, 3.63) is 0 Å². The Labute approximate surface area is 67.7 Å². The van der Waals surface area contributed by atoms with Gasteiger partial charge in [-0.3, -0.25) is 0 Å². The SMILES string of the molecule is CN1CCN[C@H]2COC[C@H]2C1. The Balaban J connectivity index is 1.98. The van der Waals surface area contributed by atoms with Crippen LogP contribution in [0.3, 0.4) is 0 Å². The van der Waals surface area contributed by atoms with Crippen molar-refractivity contribution in [1.82, 2.24) is 10.2 Å². The molecule has 0 aromatic carbocycles. The molecule has 11 heavy (non-hydrogen) atoms. The zero-order chi connectivity index (χ0) is 7.68. The molecule has 3 heteroatoms. The van der Waals surface area contributed by atoms with E-state index in [1.165, 1.54) is 13.1 Å². The quantitative estimate of drug-likeness (QED) is 0.513. The summed E-state index contributed by atoms with van der Waals surface area (Å²) in [5, 5.41) is 3.51. The molecule has 0 radical (unpaired) electrons. The summed E-state index contributed by atoms with van der Waals surface area (Å²) in [6.07, 6.45) is 0. The maximum absolute atomic E-state index is 5.41. The van der Waals surface area contributed by atoms with E-state index in [-0.39, 0.29) is 0 Å². The van der Waals surface area contributed by atoms with Crippen LogP contribution in [0.1, 0.15) is 0 Å². The fourth-order valence-electron chi connectivity index (χ4n) is 1.94. The van der Waals surface area contributed by atoms with E-state index in [1.807, 2.05) is 0 Å². The van der Waals surface area contributed by atoms with Crippen LogP contribution in [0.25, 0.3) is 0 Å². The fraction of sp³-hybridized carbons (Fsp3) is 1.00. The lowest BCUT2D eigenvalue weighted by Gasteiger charge is -2.17. The minimum atomic E-state index is 0.625. The third kappa shape index (κ3) is 1.55. The molecule has 2 atom stereocenters. The maximum Gasteiger partial charge on any atom is 0.0623 e. The second kappa shape index (κ2) is 3.09. The van der Waals surface area contributed by atoms with Gasteiger partial charge in [-0.05, 0) is 7.05 Å². The summed E-state index contributed by atoms with van der Waals surface area (Å²) in [6.45, 7) is 5.34. The lowest BCUT2D eigenvalue weighted by atomic mass is 10.0. The normalized spacial score (nSPS) is 40.1. The van der Waals surface area contributed by atoms with E-state index in [0.717, 1.165) is 25.7 Å². The summed E-state index contributed by atoms with van der Waals surface area (Å²) < 4.78 is 5.41. The summed E-state index contributed by atoms with van der Waals surface area (Å²) in [7, 11) is 2.18. The van der Waals surface area contributed by atoms with E-state index < -0.39 is 0 Å². The van der Waals surface area contributed by atoms with Gasteiger partial charge in [0.25, 0.3) is 0 Å². The van der Waals surface area contributed by atoms with Crippen molar-refractivity contribution >= 4 is 0 Å². The van der Waals surface area contributed by atoms with Crippen LogP contribution in [0.4, 0.5) is 0 Å². The van der Waals surface area contributed by atoms with Crippen molar-refractivity contribution in [3.8, 4) is 0 Å². The van der Waals surface area contributed by atoms with Gasteiger partial charge in [-0.1, -0.05) is 0 Å². The van der Waals surface area contributed by atoms with E-state index in [1.54, 1.807) is 0 Å². The number of nitrogens with zero attached hydrogens (tertiary/aromatic N) is 1. The number of fused-ring (bicyclic) bond motifs is 1. The molecule has 0 saturated carbocycles. The molecular weight excluding hydrogens is 140 g/mol. The zero-order valence-electron chi connectivity index (χ0n) is 7.05. The molecule has 0 unspecified atom stereocenters. The minimum Gasteiger partial charge on any atom is -0.379 e. The maximum atomic E-state index is 5.41. The van der Waals surface area contributed by atoms with Crippen LogP contribution in [-0.2, 0) is 4.74 Å². The minimum absolute atomic E-state index is 0.625. The first kappa shape index (κ1) is 7.53. The van der Waals surface area contributed by atoms with Crippen LogP contribution in [-0.4, -0.2) is 50.8 Å². The molecule has 2 aliphatic rings. The molecular formula is C8H16N2O. The molecule has 2 rings (SSSR count). The molecule has 2 heterocycles. The number of hydrogen-bond acceptors (Lipinski definition) is 3. The number of ether oxygens (including phenoxy) is 1. The molecule has 2 fully saturated rings. The predicted molar refractivity (Wildman–Crippen MR) is 43.6 cm³/mol. The van der Waals surface area contributed by atoms with Crippen LogP contribution in [0, 0.1) is 5.92 Å². The Bertz CT molecular complexity index is 140. The zero-order valence-corrected chi connectivity index (χ0v) is 7.05. The van der Waals surface area contributed by atoms with Gasteiger partial charge in [-0.25, -0.2) is 0 Å². The van der Waals surface area contributed by atoms with Crippen LogP contribution in [0.2, 0.25) is 0 Å². The highest BCUT2D eigenvalue weighted by Crippen LogP contribution is 2.16. The first-order chi connectivity index (χ1) is 5.36. The number of rotatable bonds is 0. The summed E-state index contributed by atoms with van der Waals surface area (Å²) in [5.41, 5.74) is 0. The van der Waals surface area contributed by atoms with Crippen LogP contribution in [0.5, 0.6) is 0 Å². The van der Waals surface area contributed by atoms with Crippen molar-refractivity contribution in [1.29, 1.82) is 0 Å². The molecule has 64 valence electrons. The highest BCUT2D eigenvalue weighted by Gasteiger charge is 2.30. The second-order valence-electron chi connectivity index (χ2n) is 3.62. The molecule has 0 spiro atoms.